The van der Waals surface area contributed by atoms with E-state index in [4.69, 9.17) is 0 Å². The fourth-order valence-corrected chi connectivity index (χ4v) is 3.82. The summed E-state index contributed by atoms with van der Waals surface area (Å²) in [5.41, 5.74) is 3.69. The van der Waals surface area contributed by atoms with Gasteiger partial charge in [-0.15, -0.1) is 0 Å². The Kier molecular flexibility index (Phi) is 5.28. The van der Waals surface area contributed by atoms with Gasteiger partial charge >= 0.3 is 5.97 Å². The van der Waals surface area contributed by atoms with Crippen molar-refractivity contribution in [2.24, 2.45) is 0 Å². The van der Waals surface area contributed by atoms with Crippen molar-refractivity contribution in [3.05, 3.63) is 64.2 Å². The van der Waals surface area contributed by atoms with E-state index in [-0.39, 0.29) is 27.9 Å². The van der Waals surface area contributed by atoms with Gasteiger partial charge in [0.15, 0.2) is 0 Å². The van der Waals surface area contributed by atoms with Crippen molar-refractivity contribution in [2.45, 2.75) is 51.4 Å². The monoisotopic (exact) mass is 390 g/mol. The van der Waals surface area contributed by atoms with Crippen molar-refractivity contribution in [2.75, 3.05) is 7.11 Å². The highest BCUT2D eigenvalue weighted by Gasteiger charge is 2.37. The average molecular weight is 390 g/mol. The number of rotatable bonds is 2. The largest absolute Gasteiger partial charge is 0.507 e. The van der Waals surface area contributed by atoms with Crippen molar-refractivity contribution < 1.29 is 19.4 Å². The first-order chi connectivity index (χ1) is 13.5. The predicted molar refractivity (Wildman–Crippen MR) is 112 cm³/mol. The smallest absolute Gasteiger partial charge is 0.341 e. The maximum absolute atomic E-state index is 12.7. The number of aromatic hydroxyl groups is 1. The van der Waals surface area contributed by atoms with Crippen LogP contribution in [0.4, 0.5) is 0 Å². The van der Waals surface area contributed by atoms with Crippen LogP contribution in [0.15, 0.2) is 36.4 Å². The summed E-state index contributed by atoms with van der Waals surface area (Å²) in [6.07, 6.45) is 2.19. The molecule has 150 valence electrons. The molecule has 0 amide bonds. The lowest BCUT2D eigenvalue weighted by Gasteiger charge is -2.42. The summed E-state index contributed by atoms with van der Waals surface area (Å²) in [5, 5.41) is 9.96. The van der Waals surface area contributed by atoms with E-state index in [1.165, 1.54) is 30.4 Å². The van der Waals surface area contributed by atoms with Gasteiger partial charge in [0.05, 0.1) is 7.11 Å². The van der Waals surface area contributed by atoms with E-state index in [9.17, 15) is 14.7 Å². The van der Waals surface area contributed by atoms with Crippen LogP contribution in [0.2, 0.25) is 0 Å². The average Bonchev–Trinajstić information content (AvgIpc) is 2.69. The van der Waals surface area contributed by atoms with Gasteiger partial charge in [0, 0.05) is 11.1 Å². The maximum atomic E-state index is 12.7. The molecule has 0 fully saturated rings. The normalized spacial score (nSPS) is 16.2. The topological polar surface area (TPSA) is 63.6 Å². The van der Waals surface area contributed by atoms with Gasteiger partial charge in [-0.05, 0) is 65.0 Å². The summed E-state index contributed by atoms with van der Waals surface area (Å²) in [5.74, 6) is 4.29. The summed E-state index contributed by atoms with van der Waals surface area (Å²) >= 11 is 0. The van der Waals surface area contributed by atoms with Crippen molar-refractivity contribution in [1.82, 2.24) is 0 Å². The van der Waals surface area contributed by atoms with Crippen LogP contribution in [0.5, 0.6) is 5.75 Å². The Morgan fingerprint density at radius 3 is 2.24 bits per heavy atom. The number of phenolic OH excluding ortho intramolecular Hbond substituents is 1. The number of methoxy groups -OCH3 is 1. The maximum Gasteiger partial charge on any atom is 0.341 e. The molecule has 0 aromatic heterocycles. The van der Waals surface area contributed by atoms with Gasteiger partial charge in [-0.25, -0.2) is 4.79 Å². The van der Waals surface area contributed by atoms with E-state index in [1.54, 1.807) is 6.07 Å². The van der Waals surface area contributed by atoms with Gasteiger partial charge in [0.1, 0.15) is 11.3 Å². The number of fused-ring (bicyclic) bond motifs is 1. The molecule has 0 spiro atoms. The van der Waals surface area contributed by atoms with Crippen LogP contribution in [-0.4, -0.2) is 24.0 Å². The van der Waals surface area contributed by atoms with E-state index in [2.05, 4.69) is 50.3 Å². The van der Waals surface area contributed by atoms with Gasteiger partial charge in [-0.2, -0.15) is 0 Å². The van der Waals surface area contributed by atoms with Gasteiger partial charge in [-0.1, -0.05) is 45.7 Å². The van der Waals surface area contributed by atoms with Crippen LogP contribution in [0, 0.1) is 11.8 Å². The van der Waals surface area contributed by atoms with Gasteiger partial charge in [0.25, 0.3) is 0 Å². The van der Waals surface area contributed by atoms with Crippen LogP contribution in [0.3, 0.4) is 0 Å². The number of carbonyl (C=O) groups is 2. The molecule has 0 bridgehead atoms. The van der Waals surface area contributed by atoms with E-state index in [0.717, 1.165) is 12.8 Å². The Bertz CT molecular complexity index is 1050. The number of hydrogen-bond acceptors (Lipinski definition) is 4. The first-order valence-electron chi connectivity index (χ1n) is 9.68. The standard InChI is InChI=1S/C25H26O4/c1-24(2)12-13-25(3,4)20-15-17(8-10-19(20)24)21(26)11-7-16-6-9-18(22(27)14-16)23(28)29-5/h6,8-10,14-15,27H,12-13H2,1-5H3. The molecule has 1 aliphatic carbocycles. The molecule has 0 aliphatic heterocycles. The minimum Gasteiger partial charge on any atom is -0.507 e. The Hall–Kier alpha value is -3.06. The lowest BCUT2D eigenvalue weighted by atomic mass is 9.63. The van der Waals surface area contributed by atoms with E-state index >= 15 is 0 Å². The fraction of sp³-hybridized carbons (Fsp3) is 0.360. The first-order valence-corrected chi connectivity index (χ1v) is 9.68. The molecule has 1 aliphatic rings. The Morgan fingerprint density at radius 1 is 0.966 bits per heavy atom. The highest BCUT2D eigenvalue weighted by Crippen LogP contribution is 2.45. The van der Waals surface area contributed by atoms with Crippen molar-refractivity contribution in [3.8, 4) is 17.6 Å². The molecule has 0 saturated heterocycles. The SMILES string of the molecule is COC(=O)c1ccc(C#CC(=O)c2ccc3c(c2)C(C)(C)CCC3(C)C)cc1O. The molecular formula is C25H26O4. The summed E-state index contributed by atoms with van der Waals surface area (Å²) in [6.45, 7) is 8.92. The van der Waals surface area contributed by atoms with Crippen molar-refractivity contribution in [3.63, 3.8) is 0 Å². The molecule has 0 saturated carbocycles. The number of carbonyl (C=O) groups excluding carboxylic acids is 2. The zero-order chi connectivity index (χ0) is 21.4. The molecule has 2 aromatic rings. The molecule has 0 radical (unpaired) electrons. The molecule has 1 N–H and O–H groups in total. The minimum absolute atomic E-state index is 0.0179. The lowest BCUT2D eigenvalue weighted by Crippen LogP contribution is -2.34. The van der Waals surface area contributed by atoms with Crippen LogP contribution in [-0.2, 0) is 15.6 Å². The number of Topliss-reactive ketones (excluding diaryl/α,β-unsaturated/α-hetero) is 1. The molecule has 0 atom stereocenters. The van der Waals surface area contributed by atoms with Crippen LogP contribution in [0.1, 0.15) is 77.9 Å². The number of phenols is 1. The van der Waals surface area contributed by atoms with Gasteiger partial charge in [0.2, 0.25) is 5.78 Å². The molecule has 2 aromatic carbocycles. The van der Waals surface area contributed by atoms with Crippen molar-refractivity contribution >= 4 is 11.8 Å². The lowest BCUT2D eigenvalue weighted by molar-refractivity contribution is 0.0597. The fourth-order valence-electron chi connectivity index (χ4n) is 3.82. The quantitative estimate of drug-likeness (QED) is 0.456. The summed E-state index contributed by atoms with van der Waals surface area (Å²) in [7, 11) is 1.25. The third-order valence-electron chi connectivity index (χ3n) is 5.84. The molecule has 0 unspecified atom stereocenters. The second-order valence-electron chi connectivity index (χ2n) is 8.83. The zero-order valence-electron chi connectivity index (χ0n) is 17.6. The van der Waals surface area contributed by atoms with Gasteiger partial charge < -0.3 is 9.84 Å². The summed E-state index contributed by atoms with van der Waals surface area (Å²) in [6, 6.07) is 10.2. The molecule has 3 rings (SSSR count). The van der Waals surface area contributed by atoms with Gasteiger partial charge in [-0.3, -0.25) is 4.79 Å². The van der Waals surface area contributed by atoms with Crippen LogP contribution in [0.25, 0.3) is 0 Å². The molecule has 4 nitrogen and oxygen atoms in total. The minimum atomic E-state index is -0.627. The first kappa shape index (κ1) is 20.7. The number of esters is 1. The third-order valence-corrected chi connectivity index (χ3v) is 5.84. The van der Waals surface area contributed by atoms with E-state index in [1.807, 2.05) is 12.1 Å². The third kappa shape index (κ3) is 4.05. The Labute approximate surface area is 171 Å². The second-order valence-corrected chi connectivity index (χ2v) is 8.83. The Balaban J connectivity index is 1.90. The second kappa shape index (κ2) is 7.40. The van der Waals surface area contributed by atoms with Crippen molar-refractivity contribution in [1.29, 1.82) is 0 Å². The number of benzene rings is 2. The molecule has 4 heteroatoms. The highest BCUT2D eigenvalue weighted by molar-refractivity contribution is 6.09. The van der Waals surface area contributed by atoms with Crippen LogP contribution < -0.4 is 0 Å². The number of ketones is 1. The number of hydrogen-bond donors (Lipinski definition) is 1. The number of ether oxygens (including phenoxy) is 1. The zero-order valence-corrected chi connectivity index (χ0v) is 17.6. The molecule has 29 heavy (non-hydrogen) atoms. The van der Waals surface area contributed by atoms with E-state index < -0.39 is 5.97 Å². The molecule has 0 heterocycles. The summed E-state index contributed by atoms with van der Waals surface area (Å²) in [4.78, 5) is 24.2. The van der Waals surface area contributed by atoms with Crippen LogP contribution >= 0.6 is 0 Å². The predicted octanol–water partition coefficient (Wildman–Crippen LogP) is 4.76. The highest BCUT2D eigenvalue weighted by atomic mass is 16.5. The molecular weight excluding hydrogens is 364 g/mol. The Morgan fingerprint density at radius 2 is 1.62 bits per heavy atom. The summed E-state index contributed by atoms with van der Waals surface area (Å²) < 4.78 is 4.60. The van der Waals surface area contributed by atoms with E-state index in [0.29, 0.717) is 11.1 Å².